The lowest BCUT2D eigenvalue weighted by Gasteiger charge is -2.24. The molecule has 1 atom stereocenters. The van der Waals surface area contributed by atoms with E-state index in [1.54, 1.807) is 0 Å². The summed E-state index contributed by atoms with van der Waals surface area (Å²) in [6, 6.07) is -0.0933. The molecule has 2 N–H and O–H groups in total. The zero-order valence-electron chi connectivity index (χ0n) is 12.9. The minimum Gasteiger partial charge on any atom is -0.356 e. The minimum absolute atomic E-state index is 0.0141. The third-order valence-electron chi connectivity index (χ3n) is 3.49. The highest BCUT2D eigenvalue weighted by molar-refractivity contribution is 7.88. The van der Waals surface area contributed by atoms with Gasteiger partial charge in [0.2, 0.25) is 21.8 Å². The molecule has 0 aliphatic carbocycles. The van der Waals surface area contributed by atoms with E-state index in [0.717, 1.165) is 0 Å². The van der Waals surface area contributed by atoms with Crippen LogP contribution in [-0.4, -0.2) is 56.5 Å². The Morgan fingerprint density at radius 3 is 2.62 bits per heavy atom. The number of hydrogen-bond acceptors (Lipinski definition) is 4. The topological polar surface area (TPSA) is 95.6 Å². The quantitative estimate of drug-likeness (QED) is 0.629. The number of nitrogens with zero attached hydrogens (tertiary/aromatic N) is 1. The van der Waals surface area contributed by atoms with Crippen LogP contribution in [-0.2, 0) is 19.6 Å². The molecule has 0 saturated carbocycles. The predicted octanol–water partition coefficient (Wildman–Crippen LogP) is -0.311. The Bertz CT molecular complexity index is 466. The zero-order chi connectivity index (χ0) is 16.0. The number of piperidine rings is 1. The van der Waals surface area contributed by atoms with Crippen molar-refractivity contribution in [2.75, 3.05) is 25.9 Å². The SMILES string of the molecule is CC(C)N(CCCNC(=O)[C@H]1CCC(=O)NC1)S(C)(=O)=O. The van der Waals surface area contributed by atoms with Crippen molar-refractivity contribution >= 4 is 21.8 Å². The Balaban J connectivity index is 2.30. The normalized spacial score (nSPS) is 19.7. The van der Waals surface area contributed by atoms with Gasteiger partial charge < -0.3 is 10.6 Å². The van der Waals surface area contributed by atoms with Crippen LogP contribution in [0, 0.1) is 5.92 Å². The maximum absolute atomic E-state index is 11.9. The fourth-order valence-electron chi connectivity index (χ4n) is 2.35. The molecule has 0 aromatic carbocycles. The summed E-state index contributed by atoms with van der Waals surface area (Å²) >= 11 is 0. The Labute approximate surface area is 126 Å². The molecular weight excluding hydrogens is 294 g/mol. The fraction of sp³-hybridized carbons (Fsp3) is 0.846. The van der Waals surface area contributed by atoms with Gasteiger partial charge in [0.25, 0.3) is 0 Å². The van der Waals surface area contributed by atoms with Gasteiger partial charge in [-0.2, -0.15) is 4.31 Å². The van der Waals surface area contributed by atoms with Gasteiger partial charge in [-0.1, -0.05) is 0 Å². The van der Waals surface area contributed by atoms with Crippen LogP contribution >= 0.6 is 0 Å². The molecule has 2 amide bonds. The number of sulfonamides is 1. The molecule has 1 saturated heterocycles. The standard InChI is InChI=1S/C13H25N3O4S/c1-10(2)16(21(3,19)20)8-4-7-14-13(18)11-5-6-12(17)15-9-11/h10-11H,4-9H2,1-3H3,(H,14,18)(H,15,17)/t11-/m0/s1. The molecule has 8 heteroatoms. The Morgan fingerprint density at radius 1 is 1.48 bits per heavy atom. The summed E-state index contributed by atoms with van der Waals surface area (Å²) in [7, 11) is -3.22. The molecule has 0 spiro atoms. The molecule has 1 aliphatic heterocycles. The molecule has 7 nitrogen and oxygen atoms in total. The van der Waals surface area contributed by atoms with E-state index in [4.69, 9.17) is 0 Å². The first-order chi connectivity index (χ1) is 9.71. The van der Waals surface area contributed by atoms with E-state index in [2.05, 4.69) is 10.6 Å². The number of nitrogens with one attached hydrogen (secondary N) is 2. The van der Waals surface area contributed by atoms with Gasteiger partial charge >= 0.3 is 0 Å². The third-order valence-corrected chi connectivity index (χ3v) is 4.95. The second-order valence-corrected chi connectivity index (χ2v) is 7.59. The molecule has 0 unspecified atom stereocenters. The average molecular weight is 319 g/mol. The van der Waals surface area contributed by atoms with Crippen LogP contribution in [0.25, 0.3) is 0 Å². The zero-order valence-corrected chi connectivity index (χ0v) is 13.7. The molecule has 0 aromatic rings. The Morgan fingerprint density at radius 2 is 2.14 bits per heavy atom. The summed E-state index contributed by atoms with van der Waals surface area (Å²) in [6.07, 6.45) is 2.71. The van der Waals surface area contributed by atoms with Gasteiger partial charge in [-0.15, -0.1) is 0 Å². The monoisotopic (exact) mass is 319 g/mol. The second-order valence-electron chi connectivity index (χ2n) is 5.65. The lowest BCUT2D eigenvalue weighted by Crippen LogP contribution is -2.44. The highest BCUT2D eigenvalue weighted by atomic mass is 32.2. The highest BCUT2D eigenvalue weighted by Gasteiger charge is 2.24. The summed E-state index contributed by atoms with van der Waals surface area (Å²) < 4.78 is 24.6. The van der Waals surface area contributed by atoms with Gasteiger partial charge in [0, 0.05) is 32.1 Å². The number of amides is 2. The second kappa shape index (κ2) is 7.74. The van der Waals surface area contributed by atoms with Crippen LogP contribution in [0.3, 0.4) is 0 Å². The van der Waals surface area contributed by atoms with Gasteiger partial charge in [-0.05, 0) is 26.7 Å². The average Bonchev–Trinajstić information content (AvgIpc) is 2.37. The minimum atomic E-state index is -3.22. The lowest BCUT2D eigenvalue weighted by molar-refractivity contribution is -0.128. The van der Waals surface area contributed by atoms with E-state index >= 15 is 0 Å². The van der Waals surface area contributed by atoms with Crippen LogP contribution in [0.2, 0.25) is 0 Å². The van der Waals surface area contributed by atoms with Gasteiger partial charge in [-0.3, -0.25) is 9.59 Å². The van der Waals surface area contributed by atoms with Crippen molar-refractivity contribution in [3.8, 4) is 0 Å². The highest BCUT2D eigenvalue weighted by Crippen LogP contribution is 2.10. The van der Waals surface area contributed by atoms with Crippen LogP contribution in [0.1, 0.15) is 33.1 Å². The molecule has 21 heavy (non-hydrogen) atoms. The lowest BCUT2D eigenvalue weighted by atomic mass is 9.98. The number of carbonyl (C=O) groups is 2. The van der Waals surface area contributed by atoms with E-state index < -0.39 is 10.0 Å². The maximum Gasteiger partial charge on any atom is 0.224 e. The summed E-state index contributed by atoms with van der Waals surface area (Å²) in [4.78, 5) is 22.9. The van der Waals surface area contributed by atoms with Crippen LogP contribution in [0.4, 0.5) is 0 Å². The number of carbonyl (C=O) groups excluding carboxylic acids is 2. The Kier molecular flexibility index (Phi) is 6.60. The van der Waals surface area contributed by atoms with Crippen molar-refractivity contribution in [2.45, 2.75) is 39.2 Å². The van der Waals surface area contributed by atoms with Crippen molar-refractivity contribution in [2.24, 2.45) is 5.92 Å². The first-order valence-corrected chi connectivity index (χ1v) is 9.08. The summed E-state index contributed by atoms with van der Waals surface area (Å²) in [5, 5.41) is 5.47. The first kappa shape index (κ1) is 17.9. The van der Waals surface area contributed by atoms with Crippen molar-refractivity contribution in [3.05, 3.63) is 0 Å². The molecule has 122 valence electrons. The molecule has 1 aliphatic rings. The van der Waals surface area contributed by atoms with E-state index in [9.17, 15) is 18.0 Å². The van der Waals surface area contributed by atoms with E-state index in [0.29, 0.717) is 38.9 Å². The molecule has 1 rings (SSSR count). The predicted molar refractivity (Wildman–Crippen MR) is 80.0 cm³/mol. The summed E-state index contributed by atoms with van der Waals surface area (Å²) in [6.45, 7) is 4.85. The van der Waals surface area contributed by atoms with Gasteiger partial charge in [0.1, 0.15) is 0 Å². The van der Waals surface area contributed by atoms with Crippen LogP contribution in [0.15, 0.2) is 0 Å². The smallest absolute Gasteiger partial charge is 0.224 e. The molecule has 0 radical (unpaired) electrons. The number of hydrogen-bond donors (Lipinski definition) is 2. The van der Waals surface area contributed by atoms with Gasteiger partial charge in [-0.25, -0.2) is 8.42 Å². The molecule has 1 fully saturated rings. The van der Waals surface area contributed by atoms with E-state index in [-0.39, 0.29) is 23.8 Å². The van der Waals surface area contributed by atoms with Crippen molar-refractivity contribution in [1.29, 1.82) is 0 Å². The largest absolute Gasteiger partial charge is 0.356 e. The van der Waals surface area contributed by atoms with Crippen LogP contribution in [0.5, 0.6) is 0 Å². The molecule has 0 aromatic heterocycles. The van der Waals surface area contributed by atoms with Crippen molar-refractivity contribution < 1.29 is 18.0 Å². The molecule has 1 heterocycles. The fourth-order valence-corrected chi connectivity index (χ4v) is 3.58. The first-order valence-electron chi connectivity index (χ1n) is 7.23. The number of rotatable bonds is 7. The molecular formula is C13H25N3O4S. The van der Waals surface area contributed by atoms with E-state index in [1.807, 2.05) is 13.8 Å². The van der Waals surface area contributed by atoms with Crippen LogP contribution < -0.4 is 10.6 Å². The molecule has 0 bridgehead atoms. The summed E-state index contributed by atoms with van der Waals surface area (Å²) in [5.41, 5.74) is 0. The Hall–Kier alpha value is -1.15. The van der Waals surface area contributed by atoms with Crippen molar-refractivity contribution in [1.82, 2.24) is 14.9 Å². The third kappa shape index (κ3) is 6.01. The van der Waals surface area contributed by atoms with Gasteiger partial charge in [0.05, 0.1) is 12.2 Å². The van der Waals surface area contributed by atoms with Crippen molar-refractivity contribution in [3.63, 3.8) is 0 Å². The maximum atomic E-state index is 11.9. The van der Waals surface area contributed by atoms with Gasteiger partial charge in [0.15, 0.2) is 0 Å². The summed E-state index contributed by atoms with van der Waals surface area (Å²) in [5.74, 6) is -0.274. The van der Waals surface area contributed by atoms with E-state index in [1.165, 1.54) is 10.6 Å².